The van der Waals surface area contributed by atoms with Gasteiger partial charge in [0, 0.05) is 22.3 Å². The summed E-state index contributed by atoms with van der Waals surface area (Å²) < 4.78 is 0.839. The van der Waals surface area contributed by atoms with Gasteiger partial charge in [0.2, 0.25) is 0 Å². The zero-order valence-corrected chi connectivity index (χ0v) is 12.9. The van der Waals surface area contributed by atoms with Crippen LogP contribution in [0.5, 0.6) is 0 Å². The standard InChI is InChI=1S/C16H12BrN3O/c1-10-12(8-11-9-18-7-6-14(11)19-10)16(21)20-15-5-3-2-4-13(15)17/h2-9H,1H3,(H,20,21). The van der Waals surface area contributed by atoms with Gasteiger partial charge in [0.05, 0.1) is 22.5 Å². The van der Waals surface area contributed by atoms with Gasteiger partial charge in [-0.1, -0.05) is 12.1 Å². The molecule has 0 radical (unpaired) electrons. The normalized spacial score (nSPS) is 10.6. The maximum atomic E-state index is 12.4. The van der Waals surface area contributed by atoms with Crippen LogP contribution < -0.4 is 5.32 Å². The number of nitrogens with one attached hydrogen (secondary N) is 1. The molecule has 104 valence electrons. The largest absolute Gasteiger partial charge is 0.321 e. The van der Waals surface area contributed by atoms with Crippen LogP contribution in [0.15, 0.2) is 53.3 Å². The zero-order valence-electron chi connectivity index (χ0n) is 11.3. The van der Waals surface area contributed by atoms with E-state index in [0.717, 1.165) is 21.1 Å². The lowest BCUT2D eigenvalue weighted by Crippen LogP contribution is -2.14. The third-order valence-corrected chi connectivity index (χ3v) is 3.86. The topological polar surface area (TPSA) is 54.9 Å². The maximum absolute atomic E-state index is 12.4. The van der Waals surface area contributed by atoms with E-state index in [4.69, 9.17) is 0 Å². The summed E-state index contributed by atoms with van der Waals surface area (Å²) in [5, 5.41) is 3.73. The molecule has 0 bridgehead atoms. The van der Waals surface area contributed by atoms with Crippen molar-refractivity contribution in [3.63, 3.8) is 0 Å². The molecule has 4 nitrogen and oxygen atoms in total. The zero-order chi connectivity index (χ0) is 14.8. The van der Waals surface area contributed by atoms with E-state index < -0.39 is 0 Å². The van der Waals surface area contributed by atoms with Crippen LogP contribution in [0.1, 0.15) is 16.1 Å². The highest BCUT2D eigenvalue weighted by Crippen LogP contribution is 2.23. The number of para-hydroxylation sites is 1. The summed E-state index contributed by atoms with van der Waals surface area (Å²) in [6.45, 7) is 1.83. The number of nitrogens with zero attached hydrogens (tertiary/aromatic N) is 2. The third-order valence-electron chi connectivity index (χ3n) is 3.17. The average molecular weight is 342 g/mol. The molecule has 0 fully saturated rings. The summed E-state index contributed by atoms with van der Waals surface area (Å²) in [7, 11) is 0. The molecule has 0 saturated carbocycles. The first-order chi connectivity index (χ1) is 10.1. The van der Waals surface area contributed by atoms with Crippen LogP contribution in [0.25, 0.3) is 10.9 Å². The van der Waals surface area contributed by atoms with Crippen LogP contribution in [0.3, 0.4) is 0 Å². The number of anilines is 1. The van der Waals surface area contributed by atoms with Crippen molar-refractivity contribution in [2.75, 3.05) is 5.32 Å². The monoisotopic (exact) mass is 341 g/mol. The third kappa shape index (κ3) is 2.78. The van der Waals surface area contributed by atoms with Crippen molar-refractivity contribution in [3.05, 3.63) is 64.5 Å². The molecule has 0 aliphatic carbocycles. The number of carbonyl (C=O) groups excluding carboxylic acids is 1. The Bertz CT molecular complexity index is 833. The van der Waals surface area contributed by atoms with E-state index in [1.165, 1.54) is 0 Å². The van der Waals surface area contributed by atoms with E-state index in [-0.39, 0.29) is 5.91 Å². The summed E-state index contributed by atoms with van der Waals surface area (Å²) in [5.41, 5.74) is 2.80. The average Bonchev–Trinajstić information content (AvgIpc) is 2.49. The quantitative estimate of drug-likeness (QED) is 0.767. The molecular weight excluding hydrogens is 330 g/mol. The van der Waals surface area contributed by atoms with Gasteiger partial charge in [-0.25, -0.2) is 0 Å². The highest BCUT2D eigenvalue weighted by Gasteiger charge is 2.13. The molecule has 1 N–H and O–H groups in total. The number of carbonyl (C=O) groups is 1. The van der Waals surface area contributed by atoms with Gasteiger partial charge in [-0.3, -0.25) is 14.8 Å². The Labute approximate surface area is 130 Å². The molecule has 3 rings (SSSR count). The number of amides is 1. The molecule has 2 aromatic heterocycles. The van der Waals surface area contributed by atoms with Crippen LogP contribution in [0.4, 0.5) is 5.69 Å². The number of fused-ring (bicyclic) bond motifs is 1. The van der Waals surface area contributed by atoms with Crippen LogP contribution in [-0.2, 0) is 0 Å². The molecule has 0 saturated heterocycles. The van der Waals surface area contributed by atoms with Crippen molar-refractivity contribution in [2.24, 2.45) is 0 Å². The summed E-state index contributed by atoms with van der Waals surface area (Å²) in [6.07, 6.45) is 3.40. The second-order valence-electron chi connectivity index (χ2n) is 4.62. The Hall–Kier alpha value is -2.27. The van der Waals surface area contributed by atoms with Gasteiger partial charge in [0.1, 0.15) is 0 Å². The summed E-state index contributed by atoms with van der Waals surface area (Å²) in [5.74, 6) is -0.183. The fourth-order valence-electron chi connectivity index (χ4n) is 2.10. The first kappa shape index (κ1) is 13.7. The number of halogens is 1. The van der Waals surface area contributed by atoms with Gasteiger partial charge in [-0.15, -0.1) is 0 Å². The highest BCUT2D eigenvalue weighted by molar-refractivity contribution is 9.10. The van der Waals surface area contributed by atoms with Gasteiger partial charge in [-0.05, 0) is 47.1 Å². The Kier molecular flexibility index (Phi) is 3.66. The second-order valence-corrected chi connectivity index (χ2v) is 5.48. The van der Waals surface area contributed by atoms with Crippen LogP contribution in [0, 0.1) is 6.92 Å². The Balaban J connectivity index is 1.98. The second kappa shape index (κ2) is 5.61. The number of hydrogen-bond acceptors (Lipinski definition) is 3. The molecule has 0 spiro atoms. The summed E-state index contributed by atoms with van der Waals surface area (Å²) in [6, 6.07) is 11.1. The lowest BCUT2D eigenvalue weighted by atomic mass is 10.1. The molecule has 1 aromatic carbocycles. The molecule has 3 aromatic rings. The molecule has 0 unspecified atom stereocenters. The smallest absolute Gasteiger partial charge is 0.257 e. The maximum Gasteiger partial charge on any atom is 0.257 e. The molecule has 21 heavy (non-hydrogen) atoms. The number of pyridine rings is 2. The Morgan fingerprint density at radius 1 is 1.24 bits per heavy atom. The number of aromatic nitrogens is 2. The minimum Gasteiger partial charge on any atom is -0.321 e. The van der Waals surface area contributed by atoms with E-state index in [1.807, 2.05) is 43.3 Å². The van der Waals surface area contributed by atoms with E-state index in [1.54, 1.807) is 12.4 Å². The lowest BCUT2D eigenvalue weighted by molar-refractivity contribution is 0.102. The first-order valence-corrected chi connectivity index (χ1v) is 7.22. The van der Waals surface area contributed by atoms with Crippen LogP contribution in [0.2, 0.25) is 0 Å². The fraction of sp³-hybridized carbons (Fsp3) is 0.0625. The van der Waals surface area contributed by atoms with E-state index in [9.17, 15) is 4.79 Å². The Morgan fingerprint density at radius 2 is 2.05 bits per heavy atom. The van der Waals surface area contributed by atoms with Crippen LogP contribution >= 0.6 is 15.9 Å². The number of aryl methyl sites for hydroxylation is 1. The van der Waals surface area contributed by atoms with Gasteiger partial charge in [-0.2, -0.15) is 0 Å². The van der Waals surface area contributed by atoms with Gasteiger partial charge >= 0.3 is 0 Å². The number of rotatable bonds is 2. The molecular formula is C16H12BrN3O. The van der Waals surface area contributed by atoms with Crippen molar-refractivity contribution >= 4 is 38.4 Å². The molecule has 0 atom stereocenters. The van der Waals surface area contributed by atoms with Crippen molar-refractivity contribution in [2.45, 2.75) is 6.92 Å². The van der Waals surface area contributed by atoms with Crippen molar-refractivity contribution in [1.29, 1.82) is 0 Å². The summed E-state index contributed by atoms with van der Waals surface area (Å²) >= 11 is 3.42. The highest BCUT2D eigenvalue weighted by atomic mass is 79.9. The lowest BCUT2D eigenvalue weighted by Gasteiger charge is -2.09. The van der Waals surface area contributed by atoms with E-state index in [2.05, 4.69) is 31.2 Å². The summed E-state index contributed by atoms with van der Waals surface area (Å²) in [4.78, 5) is 20.9. The molecule has 0 aliphatic rings. The Morgan fingerprint density at radius 3 is 2.86 bits per heavy atom. The van der Waals surface area contributed by atoms with Gasteiger partial charge in [0.15, 0.2) is 0 Å². The van der Waals surface area contributed by atoms with Crippen molar-refractivity contribution < 1.29 is 4.79 Å². The first-order valence-electron chi connectivity index (χ1n) is 6.42. The van der Waals surface area contributed by atoms with Crippen LogP contribution in [-0.4, -0.2) is 15.9 Å². The molecule has 1 amide bonds. The van der Waals surface area contributed by atoms with Gasteiger partial charge < -0.3 is 5.32 Å². The molecule has 2 heterocycles. The minimum atomic E-state index is -0.183. The SMILES string of the molecule is Cc1nc2ccncc2cc1C(=O)Nc1ccccc1Br. The van der Waals surface area contributed by atoms with E-state index >= 15 is 0 Å². The van der Waals surface area contributed by atoms with Gasteiger partial charge in [0.25, 0.3) is 5.91 Å². The molecule has 0 aliphatic heterocycles. The minimum absolute atomic E-state index is 0.183. The van der Waals surface area contributed by atoms with Crippen molar-refractivity contribution in [3.8, 4) is 0 Å². The number of benzene rings is 1. The predicted octanol–water partition coefficient (Wildman–Crippen LogP) is 3.95. The van der Waals surface area contributed by atoms with Crippen molar-refractivity contribution in [1.82, 2.24) is 9.97 Å². The predicted molar refractivity (Wildman–Crippen MR) is 86.4 cm³/mol. The van der Waals surface area contributed by atoms with E-state index in [0.29, 0.717) is 11.3 Å². The number of hydrogen-bond donors (Lipinski definition) is 1. The fourth-order valence-corrected chi connectivity index (χ4v) is 2.48. The molecule has 5 heteroatoms.